The first kappa shape index (κ1) is 19.0. The van der Waals surface area contributed by atoms with E-state index in [-0.39, 0.29) is 12.2 Å². The lowest BCUT2D eigenvalue weighted by atomic mass is 10.1. The lowest BCUT2D eigenvalue weighted by Gasteiger charge is -2.14. The second-order valence-corrected chi connectivity index (χ2v) is 4.98. The highest BCUT2D eigenvalue weighted by molar-refractivity contribution is 5.89. The van der Waals surface area contributed by atoms with Crippen molar-refractivity contribution in [3.05, 3.63) is 42.0 Å². The molecule has 9 heteroatoms. The molecule has 0 unspecified atom stereocenters. The Labute approximate surface area is 150 Å². The lowest BCUT2D eigenvalue weighted by molar-refractivity contribution is -0.124. The number of benzene rings is 1. The molecule has 0 bridgehead atoms. The topological polar surface area (TPSA) is 109 Å². The molecule has 9 nitrogen and oxygen atoms in total. The molecule has 26 heavy (non-hydrogen) atoms. The maximum absolute atomic E-state index is 11.9. The largest absolute Gasteiger partial charge is 0.493 e. The van der Waals surface area contributed by atoms with Gasteiger partial charge in [-0.05, 0) is 17.7 Å². The maximum Gasteiger partial charge on any atom is 0.359 e. The Kier molecular flexibility index (Phi) is 6.72. The van der Waals surface area contributed by atoms with E-state index in [2.05, 4.69) is 15.3 Å². The number of rotatable bonds is 8. The number of esters is 1. The molecule has 0 atom stereocenters. The van der Waals surface area contributed by atoms with Gasteiger partial charge < -0.3 is 24.3 Å². The molecule has 0 saturated heterocycles. The smallest absolute Gasteiger partial charge is 0.359 e. The molecule has 1 amide bonds. The predicted octanol–water partition coefficient (Wildman–Crippen LogP) is 0.976. The van der Waals surface area contributed by atoms with Gasteiger partial charge in [-0.2, -0.15) is 0 Å². The molecule has 0 radical (unpaired) electrons. The first-order chi connectivity index (χ1) is 12.6. The standard InChI is InChI=1S/C17H19N3O6/c1-23-13-6-11(7-14(24-2)16(13)25-3)8-20-15(21)10-26-17(22)12-9-18-4-5-19-12/h4-7,9H,8,10H2,1-3H3,(H,20,21). The molecule has 0 spiro atoms. The van der Waals surface area contributed by atoms with Crippen LogP contribution in [0, 0.1) is 0 Å². The third-order valence-electron chi connectivity index (χ3n) is 3.32. The van der Waals surface area contributed by atoms with Crippen LogP contribution in [0.5, 0.6) is 17.2 Å². The van der Waals surface area contributed by atoms with Crippen molar-refractivity contribution >= 4 is 11.9 Å². The minimum atomic E-state index is -0.721. The van der Waals surface area contributed by atoms with Crippen molar-refractivity contribution in [2.24, 2.45) is 0 Å². The Hall–Kier alpha value is -3.36. The van der Waals surface area contributed by atoms with E-state index in [0.29, 0.717) is 17.2 Å². The Morgan fingerprint density at radius 1 is 1.04 bits per heavy atom. The summed E-state index contributed by atoms with van der Waals surface area (Å²) in [5.74, 6) is 0.232. The summed E-state index contributed by atoms with van der Waals surface area (Å²) in [5.41, 5.74) is 0.762. The summed E-state index contributed by atoms with van der Waals surface area (Å²) < 4.78 is 20.6. The average Bonchev–Trinajstić information content (AvgIpc) is 2.69. The zero-order valence-corrected chi connectivity index (χ0v) is 14.6. The normalized spacial score (nSPS) is 9.96. The summed E-state index contributed by atoms with van der Waals surface area (Å²) in [6.45, 7) is -0.238. The third-order valence-corrected chi connectivity index (χ3v) is 3.32. The molecule has 0 aliphatic carbocycles. The summed E-state index contributed by atoms with van der Waals surface area (Å²) in [6, 6.07) is 3.43. The van der Waals surface area contributed by atoms with Gasteiger partial charge in [-0.15, -0.1) is 0 Å². The molecule has 1 aromatic heterocycles. The summed E-state index contributed by atoms with van der Waals surface area (Å²) in [4.78, 5) is 31.1. The van der Waals surface area contributed by atoms with E-state index in [1.807, 2.05) is 0 Å². The zero-order valence-electron chi connectivity index (χ0n) is 14.6. The number of carbonyl (C=O) groups excluding carboxylic acids is 2. The molecule has 0 fully saturated rings. The van der Waals surface area contributed by atoms with Gasteiger partial charge in [0, 0.05) is 18.9 Å². The third kappa shape index (κ3) is 4.82. The number of hydrogen-bond acceptors (Lipinski definition) is 8. The van der Waals surface area contributed by atoms with Crippen LogP contribution in [-0.2, 0) is 16.1 Å². The fraction of sp³-hybridized carbons (Fsp3) is 0.294. The van der Waals surface area contributed by atoms with Gasteiger partial charge in [0.25, 0.3) is 5.91 Å². The first-order valence-electron chi connectivity index (χ1n) is 7.57. The van der Waals surface area contributed by atoms with Gasteiger partial charge in [0.1, 0.15) is 0 Å². The van der Waals surface area contributed by atoms with Crippen LogP contribution < -0.4 is 19.5 Å². The van der Waals surface area contributed by atoms with Gasteiger partial charge >= 0.3 is 5.97 Å². The number of nitrogens with zero attached hydrogens (tertiary/aromatic N) is 2. The fourth-order valence-corrected chi connectivity index (χ4v) is 2.10. The molecule has 0 aliphatic heterocycles. The number of hydrogen-bond donors (Lipinski definition) is 1. The lowest BCUT2D eigenvalue weighted by Crippen LogP contribution is -2.28. The van der Waals surface area contributed by atoms with Crippen LogP contribution in [0.4, 0.5) is 0 Å². The molecular weight excluding hydrogens is 342 g/mol. The Morgan fingerprint density at radius 2 is 1.73 bits per heavy atom. The second-order valence-electron chi connectivity index (χ2n) is 4.98. The van der Waals surface area contributed by atoms with E-state index in [1.165, 1.54) is 39.9 Å². The van der Waals surface area contributed by atoms with E-state index in [1.54, 1.807) is 12.1 Å². The van der Waals surface area contributed by atoms with Crippen molar-refractivity contribution in [1.29, 1.82) is 0 Å². The quantitative estimate of drug-likeness (QED) is 0.693. The average molecular weight is 361 g/mol. The van der Waals surface area contributed by atoms with Gasteiger partial charge in [0.15, 0.2) is 23.8 Å². The van der Waals surface area contributed by atoms with E-state index < -0.39 is 18.5 Å². The van der Waals surface area contributed by atoms with Crippen LogP contribution >= 0.6 is 0 Å². The summed E-state index contributed by atoms with van der Waals surface area (Å²) in [7, 11) is 4.52. The maximum atomic E-state index is 11.9. The second kappa shape index (κ2) is 9.21. The SMILES string of the molecule is COc1cc(CNC(=O)COC(=O)c2cnccn2)cc(OC)c1OC. The van der Waals surface area contributed by atoms with Crippen molar-refractivity contribution in [2.75, 3.05) is 27.9 Å². The van der Waals surface area contributed by atoms with Crippen LogP contribution in [0.2, 0.25) is 0 Å². The van der Waals surface area contributed by atoms with E-state index >= 15 is 0 Å². The van der Waals surface area contributed by atoms with Crippen LogP contribution in [0.15, 0.2) is 30.7 Å². The predicted molar refractivity (Wildman–Crippen MR) is 90.3 cm³/mol. The van der Waals surface area contributed by atoms with Gasteiger partial charge in [-0.1, -0.05) is 0 Å². The van der Waals surface area contributed by atoms with Crippen molar-refractivity contribution in [1.82, 2.24) is 15.3 Å². The number of methoxy groups -OCH3 is 3. The molecule has 138 valence electrons. The summed E-state index contributed by atoms with van der Waals surface area (Å²) in [6.07, 6.45) is 4.05. The van der Waals surface area contributed by atoms with E-state index in [9.17, 15) is 9.59 Å². The number of nitrogens with one attached hydrogen (secondary N) is 1. The van der Waals surface area contributed by atoms with Gasteiger partial charge in [0.05, 0.1) is 27.5 Å². The molecule has 0 saturated carbocycles. The molecule has 2 rings (SSSR count). The van der Waals surface area contributed by atoms with Gasteiger partial charge in [-0.25, -0.2) is 9.78 Å². The van der Waals surface area contributed by atoms with Crippen LogP contribution in [0.25, 0.3) is 0 Å². The Morgan fingerprint density at radius 3 is 2.27 bits per heavy atom. The van der Waals surface area contributed by atoms with Crippen molar-refractivity contribution in [2.45, 2.75) is 6.54 Å². The Bertz CT molecular complexity index is 741. The number of ether oxygens (including phenoxy) is 4. The number of amides is 1. The van der Waals surface area contributed by atoms with Crippen LogP contribution in [0.3, 0.4) is 0 Å². The van der Waals surface area contributed by atoms with E-state index in [4.69, 9.17) is 18.9 Å². The van der Waals surface area contributed by atoms with Crippen LogP contribution in [0.1, 0.15) is 16.1 Å². The summed E-state index contributed by atoms with van der Waals surface area (Å²) in [5, 5.41) is 2.64. The Balaban J connectivity index is 1.92. The van der Waals surface area contributed by atoms with Crippen LogP contribution in [-0.4, -0.2) is 49.8 Å². The molecule has 2 aromatic rings. The zero-order chi connectivity index (χ0) is 18.9. The molecule has 1 N–H and O–H groups in total. The highest BCUT2D eigenvalue weighted by Gasteiger charge is 2.14. The van der Waals surface area contributed by atoms with Gasteiger partial charge in [-0.3, -0.25) is 9.78 Å². The van der Waals surface area contributed by atoms with Gasteiger partial charge in [0.2, 0.25) is 5.75 Å². The summed E-state index contributed by atoms with van der Waals surface area (Å²) >= 11 is 0. The van der Waals surface area contributed by atoms with Crippen molar-refractivity contribution < 1.29 is 28.5 Å². The van der Waals surface area contributed by atoms with Crippen molar-refractivity contribution in [3.63, 3.8) is 0 Å². The highest BCUT2D eigenvalue weighted by Crippen LogP contribution is 2.38. The first-order valence-corrected chi connectivity index (χ1v) is 7.57. The van der Waals surface area contributed by atoms with E-state index in [0.717, 1.165) is 5.56 Å². The number of aromatic nitrogens is 2. The molecule has 0 aliphatic rings. The molecule has 1 aromatic carbocycles. The molecular formula is C17H19N3O6. The highest BCUT2D eigenvalue weighted by atomic mass is 16.5. The number of carbonyl (C=O) groups is 2. The monoisotopic (exact) mass is 361 g/mol. The van der Waals surface area contributed by atoms with Crippen molar-refractivity contribution in [3.8, 4) is 17.2 Å². The fourth-order valence-electron chi connectivity index (χ4n) is 2.10. The minimum absolute atomic E-state index is 0.0323. The molecule has 1 heterocycles. The minimum Gasteiger partial charge on any atom is -0.493 e.